The van der Waals surface area contributed by atoms with E-state index in [1.807, 2.05) is 26.0 Å². The molecular weight excluding hydrogens is 270 g/mol. The van der Waals surface area contributed by atoms with Gasteiger partial charge in [0.05, 0.1) is 12.7 Å². The minimum Gasteiger partial charge on any atom is -0.496 e. The molecule has 0 fully saturated rings. The number of carboxylic acid groups (broad SMARTS) is 1. The van der Waals surface area contributed by atoms with Crippen molar-refractivity contribution in [1.29, 1.82) is 0 Å². The number of nitrogens with one attached hydrogen (secondary N) is 1. The molecule has 0 saturated heterocycles. The molecule has 6 nitrogen and oxygen atoms in total. The lowest BCUT2D eigenvalue weighted by Crippen LogP contribution is -2.13. The van der Waals surface area contributed by atoms with Gasteiger partial charge >= 0.3 is 5.97 Å². The third-order valence-electron chi connectivity index (χ3n) is 2.73. The van der Waals surface area contributed by atoms with Crippen molar-refractivity contribution >= 4 is 11.8 Å². The molecule has 0 unspecified atom stereocenters. The SMILES string of the molecule is COc1ccccc1-c1nc(NC(C)C)cc(C(=O)O)n1. The van der Waals surface area contributed by atoms with Crippen molar-refractivity contribution in [2.24, 2.45) is 0 Å². The minimum absolute atomic E-state index is 0.0611. The number of rotatable bonds is 5. The molecule has 0 atom stereocenters. The average Bonchev–Trinajstić information content (AvgIpc) is 2.46. The number of aromatic carboxylic acids is 1. The number of nitrogens with zero attached hydrogens (tertiary/aromatic N) is 2. The molecule has 2 N–H and O–H groups in total. The van der Waals surface area contributed by atoms with Crippen LogP contribution in [0, 0.1) is 0 Å². The summed E-state index contributed by atoms with van der Waals surface area (Å²) in [5.41, 5.74) is 0.587. The van der Waals surface area contributed by atoms with Crippen molar-refractivity contribution in [1.82, 2.24) is 9.97 Å². The summed E-state index contributed by atoms with van der Waals surface area (Å²) in [6.45, 7) is 3.90. The average molecular weight is 287 g/mol. The van der Waals surface area contributed by atoms with Crippen LogP contribution in [0.25, 0.3) is 11.4 Å². The van der Waals surface area contributed by atoms with Gasteiger partial charge in [-0.05, 0) is 26.0 Å². The Hall–Kier alpha value is -2.63. The number of hydrogen-bond donors (Lipinski definition) is 2. The Morgan fingerprint density at radius 3 is 2.62 bits per heavy atom. The maximum Gasteiger partial charge on any atom is 0.354 e. The number of aromatic nitrogens is 2. The number of carboxylic acids is 1. The highest BCUT2D eigenvalue weighted by atomic mass is 16.5. The Balaban J connectivity index is 2.56. The number of hydrogen-bond acceptors (Lipinski definition) is 5. The van der Waals surface area contributed by atoms with Crippen LogP contribution in [-0.4, -0.2) is 34.2 Å². The molecule has 21 heavy (non-hydrogen) atoms. The van der Waals surface area contributed by atoms with Gasteiger partial charge in [-0.2, -0.15) is 0 Å². The molecule has 110 valence electrons. The highest BCUT2D eigenvalue weighted by Gasteiger charge is 2.14. The number of benzene rings is 1. The molecule has 0 aliphatic heterocycles. The summed E-state index contributed by atoms with van der Waals surface area (Å²) in [4.78, 5) is 19.7. The fourth-order valence-electron chi connectivity index (χ4n) is 1.88. The van der Waals surface area contributed by atoms with Crippen LogP contribution < -0.4 is 10.1 Å². The number of anilines is 1. The van der Waals surface area contributed by atoms with Gasteiger partial charge in [0, 0.05) is 12.1 Å². The molecule has 2 rings (SSSR count). The summed E-state index contributed by atoms with van der Waals surface area (Å²) in [7, 11) is 1.55. The van der Waals surface area contributed by atoms with Gasteiger partial charge in [-0.1, -0.05) is 12.1 Å². The van der Waals surface area contributed by atoms with E-state index >= 15 is 0 Å². The van der Waals surface area contributed by atoms with E-state index < -0.39 is 5.97 Å². The van der Waals surface area contributed by atoms with Crippen molar-refractivity contribution in [2.45, 2.75) is 19.9 Å². The van der Waals surface area contributed by atoms with Gasteiger partial charge in [-0.25, -0.2) is 14.8 Å². The van der Waals surface area contributed by atoms with Gasteiger partial charge in [0.2, 0.25) is 0 Å². The van der Waals surface area contributed by atoms with Gasteiger partial charge in [-0.3, -0.25) is 0 Å². The third kappa shape index (κ3) is 3.47. The maximum absolute atomic E-state index is 11.2. The quantitative estimate of drug-likeness (QED) is 0.879. The van der Waals surface area contributed by atoms with E-state index in [2.05, 4.69) is 15.3 Å². The molecular formula is C15H17N3O3. The lowest BCUT2D eigenvalue weighted by Gasteiger charge is -2.12. The smallest absolute Gasteiger partial charge is 0.354 e. The second kappa shape index (κ2) is 6.21. The van der Waals surface area contributed by atoms with Gasteiger partial charge in [-0.15, -0.1) is 0 Å². The van der Waals surface area contributed by atoms with E-state index in [-0.39, 0.29) is 11.7 Å². The largest absolute Gasteiger partial charge is 0.496 e. The van der Waals surface area contributed by atoms with Gasteiger partial charge in [0.1, 0.15) is 11.6 Å². The fraction of sp³-hybridized carbons (Fsp3) is 0.267. The highest BCUT2D eigenvalue weighted by molar-refractivity contribution is 5.87. The van der Waals surface area contributed by atoms with Crippen LogP contribution in [0.5, 0.6) is 5.75 Å². The fourth-order valence-corrected chi connectivity index (χ4v) is 1.88. The van der Waals surface area contributed by atoms with Gasteiger partial charge < -0.3 is 15.2 Å². The lowest BCUT2D eigenvalue weighted by molar-refractivity contribution is 0.0690. The Bertz CT molecular complexity index is 656. The van der Waals surface area contributed by atoms with Crippen LogP contribution in [-0.2, 0) is 0 Å². The van der Waals surface area contributed by atoms with Crippen LogP contribution in [0.4, 0.5) is 5.82 Å². The zero-order valence-corrected chi connectivity index (χ0v) is 12.1. The number of methoxy groups -OCH3 is 1. The topological polar surface area (TPSA) is 84.3 Å². The first-order chi connectivity index (χ1) is 10.0. The van der Waals surface area contributed by atoms with E-state index in [0.29, 0.717) is 23.0 Å². The van der Waals surface area contributed by atoms with Crippen LogP contribution in [0.1, 0.15) is 24.3 Å². The lowest BCUT2D eigenvalue weighted by atomic mass is 10.2. The predicted molar refractivity (Wildman–Crippen MR) is 79.7 cm³/mol. The number of carbonyl (C=O) groups is 1. The Labute approximate surface area is 122 Å². The first kappa shape index (κ1) is 14.8. The molecule has 0 radical (unpaired) electrons. The molecule has 0 amide bonds. The van der Waals surface area contributed by atoms with Crippen molar-refractivity contribution in [2.75, 3.05) is 12.4 Å². The molecule has 0 aliphatic carbocycles. The first-order valence-corrected chi connectivity index (χ1v) is 6.53. The standard InChI is InChI=1S/C15H17N3O3/c1-9(2)16-13-8-11(15(19)20)17-14(18-13)10-6-4-5-7-12(10)21-3/h4-9H,1-3H3,(H,19,20)(H,16,17,18). The summed E-state index contributed by atoms with van der Waals surface area (Å²) < 4.78 is 5.27. The van der Waals surface area contributed by atoms with Crippen molar-refractivity contribution in [3.63, 3.8) is 0 Å². The number of ether oxygens (including phenoxy) is 1. The van der Waals surface area contributed by atoms with Crippen molar-refractivity contribution in [3.8, 4) is 17.1 Å². The van der Waals surface area contributed by atoms with Crippen molar-refractivity contribution < 1.29 is 14.6 Å². The Morgan fingerprint density at radius 2 is 2.00 bits per heavy atom. The molecule has 0 bridgehead atoms. The van der Waals surface area contributed by atoms with E-state index in [4.69, 9.17) is 4.74 Å². The van der Waals surface area contributed by atoms with E-state index in [9.17, 15) is 9.90 Å². The second-order valence-electron chi connectivity index (χ2n) is 4.77. The van der Waals surface area contributed by atoms with Crippen LogP contribution in [0.3, 0.4) is 0 Å². The Morgan fingerprint density at radius 1 is 1.29 bits per heavy atom. The summed E-state index contributed by atoms with van der Waals surface area (Å²) in [6, 6.07) is 8.77. The maximum atomic E-state index is 11.2. The zero-order valence-electron chi connectivity index (χ0n) is 12.1. The third-order valence-corrected chi connectivity index (χ3v) is 2.73. The van der Waals surface area contributed by atoms with E-state index in [0.717, 1.165) is 0 Å². The Kier molecular flexibility index (Phi) is 4.37. The number of para-hydroxylation sites is 1. The van der Waals surface area contributed by atoms with Gasteiger partial charge in [0.15, 0.2) is 11.5 Å². The molecule has 1 aromatic heterocycles. The normalized spacial score (nSPS) is 10.5. The monoisotopic (exact) mass is 287 g/mol. The minimum atomic E-state index is -1.10. The molecule has 1 heterocycles. The summed E-state index contributed by atoms with van der Waals surface area (Å²) in [5.74, 6) is 0.282. The van der Waals surface area contributed by atoms with Gasteiger partial charge in [0.25, 0.3) is 0 Å². The zero-order chi connectivity index (χ0) is 15.4. The summed E-state index contributed by atoms with van der Waals surface area (Å²) in [5, 5.41) is 12.3. The summed E-state index contributed by atoms with van der Waals surface area (Å²) >= 11 is 0. The second-order valence-corrected chi connectivity index (χ2v) is 4.77. The molecule has 2 aromatic rings. The van der Waals surface area contributed by atoms with Crippen LogP contribution in [0.15, 0.2) is 30.3 Å². The molecule has 1 aromatic carbocycles. The summed E-state index contributed by atoms with van der Waals surface area (Å²) in [6.07, 6.45) is 0. The first-order valence-electron chi connectivity index (χ1n) is 6.53. The van der Waals surface area contributed by atoms with Crippen LogP contribution >= 0.6 is 0 Å². The predicted octanol–water partition coefficient (Wildman–Crippen LogP) is 2.67. The van der Waals surface area contributed by atoms with Crippen molar-refractivity contribution in [3.05, 3.63) is 36.0 Å². The molecule has 0 saturated carbocycles. The van der Waals surface area contributed by atoms with E-state index in [1.54, 1.807) is 19.2 Å². The highest BCUT2D eigenvalue weighted by Crippen LogP contribution is 2.28. The molecule has 0 aliphatic rings. The van der Waals surface area contributed by atoms with E-state index in [1.165, 1.54) is 6.07 Å². The molecule has 6 heteroatoms. The molecule has 0 spiro atoms. The van der Waals surface area contributed by atoms with Crippen LogP contribution in [0.2, 0.25) is 0 Å².